The van der Waals surface area contributed by atoms with Crippen molar-refractivity contribution in [2.24, 2.45) is 17.8 Å². The summed E-state index contributed by atoms with van der Waals surface area (Å²) in [4.78, 5) is 42.1. The lowest BCUT2D eigenvalue weighted by Gasteiger charge is -2.36. The lowest BCUT2D eigenvalue weighted by atomic mass is 9.62. The van der Waals surface area contributed by atoms with Gasteiger partial charge in [-0.3, -0.25) is 14.4 Å². The highest BCUT2D eigenvalue weighted by atomic mass is 16.5. The Morgan fingerprint density at radius 2 is 1.91 bits per heavy atom. The van der Waals surface area contributed by atoms with E-state index in [2.05, 4.69) is 17.6 Å². The van der Waals surface area contributed by atoms with Gasteiger partial charge in [0.1, 0.15) is 11.6 Å². The molecule has 3 aliphatic rings. The molecule has 3 rings (SSSR count). The van der Waals surface area contributed by atoms with Gasteiger partial charge in [0.2, 0.25) is 17.7 Å². The second kappa shape index (κ2) is 9.67. The minimum atomic E-state index is -0.969. The minimum Gasteiger partial charge on any atom is -0.396 e. The molecule has 0 saturated carbocycles. The molecule has 3 N–H and O–H groups in total. The van der Waals surface area contributed by atoms with Crippen LogP contribution in [0.1, 0.15) is 73.1 Å². The van der Waals surface area contributed by atoms with E-state index in [0.717, 1.165) is 32.1 Å². The maximum atomic E-state index is 13.8. The number of fused-ring (bicyclic) bond motifs is 1. The van der Waals surface area contributed by atoms with Gasteiger partial charge in [-0.2, -0.15) is 0 Å². The van der Waals surface area contributed by atoms with Crippen molar-refractivity contribution in [1.82, 2.24) is 15.5 Å². The molecular formula is C24H41N3O5. The summed E-state index contributed by atoms with van der Waals surface area (Å²) in [6, 6.07) is -0.789. The SMILES string of the molecule is CCCNC(=O)[C@H]1[C@H]2C(=O)N(CCCCCCO)C(C(=O)NC(C)C)C23CC(C)[C@]1(C)O3. The van der Waals surface area contributed by atoms with E-state index in [9.17, 15) is 14.4 Å². The zero-order valence-electron chi connectivity index (χ0n) is 20.3. The Kier molecular flexibility index (Phi) is 7.55. The summed E-state index contributed by atoms with van der Waals surface area (Å²) in [5.41, 5.74) is -1.73. The Bertz CT molecular complexity index is 728. The Morgan fingerprint density at radius 1 is 1.22 bits per heavy atom. The summed E-state index contributed by atoms with van der Waals surface area (Å²) in [6.45, 7) is 11.0. The molecule has 0 aromatic carbocycles. The number of carbonyl (C=O) groups is 3. The fourth-order valence-electron chi connectivity index (χ4n) is 6.15. The van der Waals surface area contributed by atoms with Crippen LogP contribution in [0.2, 0.25) is 0 Å². The first-order chi connectivity index (χ1) is 15.1. The van der Waals surface area contributed by atoms with Crippen molar-refractivity contribution in [1.29, 1.82) is 0 Å². The van der Waals surface area contributed by atoms with Crippen LogP contribution in [0.15, 0.2) is 0 Å². The van der Waals surface area contributed by atoms with Gasteiger partial charge in [-0.25, -0.2) is 0 Å². The van der Waals surface area contributed by atoms with Crippen molar-refractivity contribution >= 4 is 17.7 Å². The molecule has 32 heavy (non-hydrogen) atoms. The number of rotatable bonds is 11. The van der Waals surface area contributed by atoms with Crippen molar-refractivity contribution in [3.63, 3.8) is 0 Å². The van der Waals surface area contributed by atoms with E-state index in [0.29, 0.717) is 19.5 Å². The predicted octanol–water partition coefficient (Wildman–Crippen LogP) is 1.60. The summed E-state index contributed by atoms with van der Waals surface area (Å²) in [5, 5.41) is 15.0. The summed E-state index contributed by atoms with van der Waals surface area (Å²) < 4.78 is 6.64. The molecule has 3 fully saturated rings. The van der Waals surface area contributed by atoms with Gasteiger partial charge >= 0.3 is 0 Å². The van der Waals surface area contributed by atoms with E-state index in [-0.39, 0.29) is 36.3 Å². The van der Waals surface area contributed by atoms with Crippen LogP contribution < -0.4 is 10.6 Å². The van der Waals surface area contributed by atoms with Gasteiger partial charge in [-0.1, -0.05) is 26.7 Å². The molecular weight excluding hydrogens is 410 g/mol. The lowest BCUT2D eigenvalue weighted by Crippen LogP contribution is -2.56. The Labute approximate surface area is 191 Å². The van der Waals surface area contributed by atoms with E-state index >= 15 is 0 Å². The molecule has 0 aliphatic carbocycles. The second-order valence-corrected chi connectivity index (χ2v) is 10.3. The molecule has 3 unspecified atom stereocenters. The normalized spacial score (nSPS) is 35.5. The zero-order valence-corrected chi connectivity index (χ0v) is 20.3. The van der Waals surface area contributed by atoms with Crippen molar-refractivity contribution in [2.45, 2.75) is 96.4 Å². The average molecular weight is 452 g/mol. The standard InChI is InChI=1S/C24H41N3O5/c1-6-11-25-20(29)17-18-22(31)27(12-9-7-8-10-13-28)19(21(30)26-15(2)3)24(18)14-16(4)23(17,5)32-24/h15-19,28H,6-14H2,1-5H3,(H,25,29)(H,26,30)/t16?,17-,18+,19?,23+,24?/m1/s1. The molecule has 0 radical (unpaired) electrons. The molecule has 3 saturated heterocycles. The molecule has 6 atom stereocenters. The largest absolute Gasteiger partial charge is 0.396 e. The quantitative estimate of drug-likeness (QED) is 0.414. The number of nitrogens with zero attached hydrogens (tertiary/aromatic N) is 1. The van der Waals surface area contributed by atoms with Gasteiger partial charge in [0.05, 0.1) is 17.4 Å². The van der Waals surface area contributed by atoms with E-state index in [4.69, 9.17) is 9.84 Å². The molecule has 0 aromatic rings. The Hall–Kier alpha value is -1.67. The fourth-order valence-corrected chi connectivity index (χ4v) is 6.15. The molecule has 182 valence electrons. The van der Waals surface area contributed by atoms with Gasteiger partial charge in [0, 0.05) is 25.7 Å². The van der Waals surface area contributed by atoms with Crippen LogP contribution in [0.25, 0.3) is 0 Å². The number of carbonyl (C=O) groups excluding carboxylic acids is 3. The van der Waals surface area contributed by atoms with Gasteiger partial charge in [0.25, 0.3) is 0 Å². The van der Waals surface area contributed by atoms with Crippen LogP contribution in [-0.2, 0) is 19.1 Å². The topological polar surface area (TPSA) is 108 Å². The predicted molar refractivity (Wildman–Crippen MR) is 121 cm³/mol. The number of amides is 3. The molecule has 8 heteroatoms. The van der Waals surface area contributed by atoms with Crippen molar-refractivity contribution < 1.29 is 24.2 Å². The molecule has 3 heterocycles. The highest BCUT2D eigenvalue weighted by Gasteiger charge is 2.79. The highest BCUT2D eigenvalue weighted by Crippen LogP contribution is 2.65. The molecule has 3 aliphatic heterocycles. The second-order valence-electron chi connectivity index (χ2n) is 10.3. The van der Waals surface area contributed by atoms with Gasteiger partial charge in [0.15, 0.2) is 0 Å². The maximum absolute atomic E-state index is 13.8. The molecule has 1 spiro atoms. The number of nitrogens with one attached hydrogen (secondary N) is 2. The number of aliphatic hydroxyl groups is 1. The van der Waals surface area contributed by atoms with Crippen molar-refractivity contribution in [3.8, 4) is 0 Å². The van der Waals surface area contributed by atoms with Gasteiger partial charge < -0.3 is 25.4 Å². The van der Waals surface area contributed by atoms with Crippen LogP contribution in [0.4, 0.5) is 0 Å². The fraction of sp³-hybridized carbons (Fsp3) is 0.875. The molecule has 2 bridgehead atoms. The lowest BCUT2D eigenvalue weighted by molar-refractivity contribution is -0.147. The number of likely N-dealkylation sites (tertiary alicyclic amines) is 1. The van der Waals surface area contributed by atoms with Gasteiger partial charge in [-0.05, 0) is 52.4 Å². The third-order valence-corrected chi connectivity index (χ3v) is 7.63. The third-order valence-electron chi connectivity index (χ3n) is 7.63. The minimum absolute atomic E-state index is 0.0581. The first-order valence-electron chi connectivity index (χ1n) is 12.3. The van der Waals surface area contributed by atoms with Crippen LogP contribution in [0.5, 0.6) is 0 Å². The number of unbranched alkanes of at least 4 members (excludes halogenated alkanes) is 3. The van der Waals surface area contributed by atoms with E-state index < -0.39 is 29.1 Å². The van der Waals surface area contributed by atoms with E-state index in [1.165, 1.54) is 0 Å². The number of ether oxygens (including phenoxy) is 1. The Morgan fingerprint density at radius 3 is 2.53 bits per heavy atom. The first kappa shape index (κ1) is 25.0. The summed E-state index contributed by atoms with van der Waals surface area (Å²) in [7, 11) is 0. The third kappa shape index (κ3) is 4.04. The smallest absolute Gasteiger partial charge is 0.246 e. The maximum Gasteiger partial charge on any atom is 0.246 e. The molecule has 8 nitrogen and oxygen atoms in total. The van der Waals surface area contributed by atoms with E-state index in [1.54, 1.807) is 4.90 Å². The summed E-state index contributed by atoms with van der Waals surface area (Å²) in [6.07, 6.45) is 4.64. The van der Waals surface area contributed by atoms with Crippen LogP contribution >= 0.6 is 0 Å². The molecule has 0 aromatic heterocycles. The van der Waals surface area contributed by atoms with Crippen LogP contribution in [-0.4, -0.2) is 70.7 Å². The van der Waals surface area contributed by atoms with E-state index in [1.807, 2.05) is 27.7 Å². The van der Waals surface area contributed by atoms with Crippen LogP contribution in [0, 0.1) is 17.8 Å². The highest BCUT2D eigenvalue weighted by molar-refractivity contribution is 5.99. The van der Waals surface area contributed by atoms with Crippen molar-refractivity contribution in [2.75, 3.05) is 19.7 Å². The number of hydrogen-bond acceptors (Lipinski definition) is 5. The summed E-state index contributed by atoms with van der Waals surface area (Å²) in [5.74, 6) is -1.66. The number of aliphatic hydroxyl groups excluding tert-OH is 1. The Balaban J connectivity index is 1.94. The van der Waals surface area contributed by atoms with Gasteiger partial charge in [-0.15, -0.1) is 0 Å². The zero-order chi connectivity index (χ0) is 23.7. The summed E-state index contributed by atoms with van der Waals surface area (Å²) >= 11 is 0. The number of hydrogen-bond donors (Lipinski definition) is 3. The average Bonchev–Trinajstić information content (AvgIpc) is 3.22. The van der Waals surface area contributed by atoms with Crippen molar-refractivity contribution in [3.05, 3.63) is 0 Å². The first-order valence-corrected chi connectivity index (χ1v) is 12.3. The molecule has 3 amide bonds. The monoisotopic (exact) mass is 451 g/mol. The van der Waals surface area contributed by atoms with Crippen LogP contribution in [0.3, 0.4) is 0 Å².